The molecule has 0 aliphatic heterocycles. The Morgan fingerprint density at radius 3 is 2.68 bits per heavy atom. The Kier molecular flexibility index (Phi) is 7.81. The van der Waals surface area contributed by atoms with E-state index in [0.29, 0.717) is 10.8 Å². The van der Waals surface area contributed by atoms with E-state index in [1.807, 2.05) is 24.4 Å². The van der Waals surface area contributed by atoms with E-state index in [4.69, 9.17) is 9.05 Å². The Morgan fingerprint density at radius 1 is 1.32 bits per heavy atom. The van der Waals surface area contributed by atoms with Crippen molar-refractivity contribution < 1.29 is 18.4 Å². The maximum absolute atomic E-state index is 13.4. The molecule has 1 amide bonds. The molecule has 28 heavy (non-hydrogen) atoms. The van der Waals surface area contributed by atoms with Crippen molar-refractivity contribution in [3.63, 3.8) is 0 Å². The first kappa shape index (κ1) is 22.6. The SMILES string of the molecule is CCCCc1ccncc1NC(=O)COP(=O)(Oc1sccc1C)C(C)(C)C. The van der Waals surface area contributed by atoms with E-state index in [9.17, 15) is 9.36 Å². The van der Waals surface area contributed by atoms with Gasteiger partial charge in [0.2, 0.25) is 0 Å². The lowest BCUT2D eigenvalue weighted by Gasteiger charge is -2.29. The molecule has 0 aromatic carbocycles. The number of rotatable bonds is 9. The van der Waals surface area contributed by atoms with Crippen molar-refractivity contribution >= 4 is 30.5 Å². The van der Waals surface area contributed by atoms with Crippen LogP contribution in [0.15, 0.2) is 29.9 Å². The summed E-state index contributed by atoms with van der Waals surface area (Å²) in [5, 5.41) is 4.45. The molecule has 8 heteroatoms. The summed E-state index contributed by atoms with van der Waals surface area (Å²) >= 11 is 1.36. The van der Waals surface area contributed by atoms with Gasteiger partial charge in [0.15, 0.2) is 5.06 Å². The summed E-state index contributed by atoms with van der Waals surface area (Å²) < 4.78 is 24.7. The van der Waals surface area contributed by atoms with Crippen LogP contribution in [0.25, 0.3) is 0 Å². The molecule has 0 spiro atoms. The van der Waals surface area contributed by atoms with E-state index in [2.05, 4.69) is 17.2 Å². The summed E-state index contributed by atoms with van der Waals surface area (Å²) in [5.74, 6) is -0.387. The zero-order valence-electron chi connectivity index (χ0n) is 17.2. The molecule has 0 saturated heterocycles. The number of amides is 1. The Balaban J connectivity index is 2.06. The Bertz CT molecular complexity index is 845. The number of nitrogens with zero attached hydrogens (tertiary/aromatic N) is 1. The van der Waals surface area contributed by atoms with Crippen molar-refractivity contribution in [2.75, 3.05) is 11.9 Å². The quantitative estimate of drug-likeness (QED) is 0.513. The number of pyridine rings is 1. The van der Waals surface area contributed by atoms with Gasteiger partial charge in [-0.3, -0.25) is 14.3 Å². The molecular weight excluding hydrogens is 395 g/mol. The number of carbonyl (C=O) groups excluding carboxylic acids is 1. The maximum Gasteiger partial charge on any atom is 0.385 e. The van der Waals surface area contributed by atoms with Crippen LogP contribution in [0, 0.1) is 6.92 Å². The molecular formula is C20H29N2O4PS. The first-order chi connectivity index (χ1) is 13.2. The minimum atomic E-state index is -3.57. The monoisotopic (exact) mass is 424 g/mol. The number of thiophene rings is 1. The zero-order chi connectivity index (χ0) is 20.8. The summed E-state index contributed by atoms with van der Waals surface area (Å²) in [7, 11) is -3.57. The lowest BCUT2D eigenvalue weighted by atomic mass is 10.1. The second-order valence-electron chi connectivity index (χ2n) is 7.61. The smallest absolute Gasteiger partial charge is 0.385 e. The molecule has 2 aromatic rings. The molecule has 1 N–H and O–H groups in total. The van der Waals surface area contributed by atoms with Gasteiger partial charge in [-0.15, -0.1) is 11.3 Å². The molecule has 2 aromatic heterocycles. The highest BCUT2D eigenvalue weighted by Crippen LogP contribution is 2.60. The van der Waals surface area contributed by atoms with E-state index >= 15 is 0 Å². The normalized spacial score (nSPS) is 13.8. The van der Waals surface area contributed by atoms with Crippen LogP contribution in [0.3, 0.4) is 0 Å². The number of aromatic nitrogens is 1. The van der Waals surface area contributed by atoms with Gasteiger partial charge in [-0.2, -0.15) is 0 Å². The lowest BCUT2D eigenvalue weighted by molar-refractivity contribution is -0.118. The van der Waals surface area contributed by atoms with Crippen LogP contribution in [-0.2, 0) is 20.3 Å². The van der Waals surface area contributed by atoms with Crippen molar-refractivity contribution in [3.05, 3.63) is 41.0 Å². The topological polar surface area (TPSA) is 77.5 Å². The number of anilines is 1. The molecule has 2 rings (SSSR count). The average molecular weight is 425 g/mol. The number of aryl methyl sites for hydroxylation is 2. The number of carbonyl (C=O) groups is 1. The van der Waals surface area contributed by atoms with Gasteiger partial charge in [0.05, 0.1) is 17.0 Å². The van der Waals surface area contributed by atoms with E-state index < -0.39 is 12.8 Å². The summed E-state index contributed by atoms with van der Waals surface area (Å²) in [6.07, 6.45) is 6.28. The van der Waals surface area contributed by atoms with Crippen LogP contribution in [0.2, 0.25) is 0 Å². The average Bonchev–Trinajstić information content (AvgIpc) is 3.03. The van der Waals surface area contributed by atoms with Crippen LogP contribution >= 0.6 is 18.9 Å². The Hall–Kier alpha value is -1.69. The summed E-state index contributed by atoms with van der Waals surface area (Å²) in [6.45, 7) is 8.97. The molecule has 0 saturated carbocycles. The van der Waals surface area contributed by atoms with Crippen molar-refractivity contribution in [1.82, 2.24) is 4.98 Å². The van der Waals surface area contributed by atoms with Crippen LogP contribution in [0.5, 0.6) is 5.06 Å². The molecule has 0 aliphatic rings. The molecule has 0 radical (unpaired) electrons. The third kappa shape index (κ3) is 5.90. The van der Waals surface area contributed by atoms with Gasteiger partial charge >= 0.3 is 7.60 Å². The fraction of sp³-hybridized carbons (Fsp3) is 0.500. The summed E-state index contributed by atoms with van der Waals surface area (Å²) in [4.78, 5) is 16.5. The molecule has 0 bridgehead atoms. The van der Waals surface area contributed by atoms with Crippen molar-refractivity contribution in [2.45, 2.75) is 59.0 Å². The van der Waals surface area contributed by atoms with Crippen LogP contribution in [-0.4, -0.2) is 22.7 Å². The van der Waals surface area contributed by atoms with Crippen LogP contribution in [0.4, 0.5) is 5.69 Å². The van der Waals surface area contributed by atoms with Crippen molar-refractivity contribution in [1.29, 1.82) is 0 Å². The van der Waals surface area contributed by atoms with Gasteiger partial charge in [0.25, 0.3) is 5.91 Å². The Labute approximate surface area is 171 Å². The minimum absolute atomic E-state index is 0.360. The summed E-state index contributed by atoms with van der Waals surface area (Å²) in [5.41, 5.74) is 2.57. The molecule has 6 nitrogen and oxygen atoms in total. The van der Waals surface area contributed by atoms with E-state index in [0.717, 1.165) is 30.4 Å². The third-order valence-electron chi connectivity index (χ3n) is 4.19. The number of unbranched alkanes of at least 4 members (excludes halogenated alkanes) is 1. The van der Waals surface area contributed by atoms with E-state index in [1.54, 1.807) is 33.2 Å². The number of nitrogens with one attached hydrogen (secondary N) is 1. The predicted octanol–water partition coefficient (Wildman–Crippen LogP) is 5.82. The van der Waals surface area contributed by atoms with Gasteiger partial charge < -0.3 is 9.84 Å². The van der Waals surface area contributed by atoms with Gasteiger partial charge in [-0.1, -0.05) is 13.3 Å². The van der Waals surface area contributed by atoms with Gasteiger partial charge in [-0.05, 0) is 63.6 Å². The standard InChI is InChI=1S/C20H29N2O4PS/c1-6-7-8-16-9-11-21-13-17(16)22-18(23)14-25-27(24,20(3,4)5)26-19-15(2)10-12-28-19/h9-13H,6-8,14H2,1-5H3,(H,22,23). The first-order valence-electron chi connectivity index (χ1n) is 9.37. The fourth-order valence-corrected chi connectivity index (χ4v) is 4.85. The molecule has 154 valence electrons. The highest BCUT2D eigenvalue weighted by atomic mass is 32.1. The van der Waals surface area contributed by atoms with Gasteiger partial charge in [-0.25, -0.2) is 4.57 Å². The highest BCUT2D eigenvalue weighted by Gasteiger charge is 2.42. The maximum atomic E-state index is 13.4. The predicted molar refractivity (Wildman–Crippen MR) is 114 cm³/mol. The van der Waals surface area contributed by atoms with Gasteiger partial charge in [0.1, 0.15) is 6.61 Å². The second-order valence-corrected chi connectivity index (χ2v) is 11.3. The highest BCUT2D eigenvalue weighted by molar-refractivity contribution is 7.56. The first-order valence-corrected chi connectivity index (χ1v) is 11.8. The van der Waals surface area contributed by atoms with Crippen LogP contribution < -0.4 is 9.84 Å². The van der Waals surface area contributed by atoms with E-state index in [1.165, 1.54) is 11.3 Å². The Morgan fingerprint density at radius 2 is 2.07 bits per heavy atom. The molecule has 1 atom stereocenters. The molecule has 0 fully saturated rings. The lowest BCUT2D eigenvalue weighted by Crippen LogP contribution is -2.25. The molecule has 2 heterocycles. The largest absolute Gasteiger partial charge is 0.413 e. The number of hydrogen-bond acceptors (Lipinski definition) is 6. The van der Waals surface area contributed by atoms with E-state index in [-0.39, 0.29) is 12.5 Å². The van der Waals surface area contributed by atoms with Crippen LogP contribution in [0.1, 0.15) is 51.7 Å². The summed E-state index contributed by atoms with van der Waals surface area (Å²) in [6, 6.07) is 3.79. The zero-order valence-corrected chi connectivity index (χ0v) is 18.9. The third-order valence-corrected chi connectivity index (χ3v) is 7.74. The minimum Gasteiger partial charge on any atom is -0.413 e. The fourth-order valence-electron chi connectivity index (χ4n) is 2.37. The van der Waals surface area contributed by atoms with Crippen molar-refractivity contribution in [3.8, 4) is 5.06 Å². The second kappa shape index (κ2) is 9.68. The van der Waals surface area contributed by atoms with Gasteiger partial charge in [0, 0.05) is 11.8 Å². The number of hydrogen-bond donors (Lipinski definition) is 1. The molecule has 1 unspecified atom stereocenters. The van der Waals surface area contributed by atoms with Crippen molar-refractivity contribution in [2.24, 2.45) is 0 Å². The molecule has 0 aliphatic carbocycles.